The zero-order valence-electron chi connectivity index (χ0n) is 10.4. The Labute approximate surface area is 121 Å². The van der Waals surface area contributed by atoms with Crippen LogP contribution in [-0.2, 0) is 14.8 Å². The molecule has 1 N–H and O–H groups in total. The molecule has 1 aliphatic heterocycles. The highest BCUT2D eigenvalue weighted by atomic mass is 35.5. The van der Waals surface area contributed by atoms with Crippen molar-refractivity contribution in [3.05, 3.63) is 29.0 Å². The first kappa shape index (κ1) is 15.2. The van der Waals surface area contributed by atoms with Gasteiger partial charge in [0.25, 0.3) is 0 Å². The highest BCUT2D eigenvalue weighted by molar-refractivity contribution is 7.89. The average Bonchev–Trinajstić information content (AvgIpc) is 2.41. The van der Waals surface area contributed by atoms with Crippen LogP contribution in [0.1, 0.15) is 12.8 Å². The summed E-state index contributed by atoms with van der Waals surface area (Å²) in [7, 11) is -4.07. The first-order chi connectivity index (χ1) is 9.34. The molecule has 2 rings (SSSR count). The molecule has 1 heterocycles. The fraction of sp³-hybridized carbons (Fsp3) is 0.417. The van der Waals surface area contributed by atoms with Gasteiger partial charge in [-0.25, -0.2) is 12.8 Å². The van der Waals surface area contributed by atoms with Gasteiger partial charge in [0, 0.05) is 13.1 Å². The van der Waals surface area contributed by atoms with Crippen LogP contribution in [0.5, 0.6) is 0 Å². The number of aliphatic carboxylic acids is 1. The minimum absolute atomic E-state index is 0.149. The van der Waals surface area contributed by atoms with Crippen molar-refractivity contribution in [2.75, 3.05) is 13.1 Å². The Bertz CT molecular complexity index is 634. The van der Waals surface area contributed by atoms with Gasteiger partial charge in [0.2, 0.25) is 10.0 Å². The summed E-state index contributed by atoms with van der Waals surface area (Å²) in [4.78, 5) is 10.5. The van der Waals surface area contributed by atoms with Gasteiger partial charge in [0.15, 0.2) is 5.82 Å². The number of rotatable bonds is 3. The molecule has 0 spiro atoms. The van der Waals surface area contributed by atoms with Crippen LogP contribution in [0.2, 0.25) is 5.02 Å². The van der Waals surface area contributed by atoms with E-state index in [1.807, 2.05) is 0 Å². The smallest absolute Gasteiger partial charge is 0.307 e. The zero-order chi connectivity index (χ0) is 14.9. The molecule has 5 nitrogen and oxygen atoms in total. The van der Waals surface area contributed by atoms with E-state index in [0.29, 0.717) is 12.8 Å². The van der Waals surface area contributed by atoms with Gasteiger partial charge < -0.3 is 5.11 Å². The summed E-state index contributed by atoms with van der Waals surface area (Å²) in [5, 5.41) is 8.69. The van der Waals surface area contributed by atoms with Gasteiger partial charge in [-0.2, -0.15) is 4.31 Å². The normalized spacial score (nSPS) is 20.8. The van der Waals surface area contributed by atoms with Crippen LogP contribution in [0.25, 0.3) is 0 Å². The molecule has 0 amide bonds. The molecular weight excluding hydrogens is 309 g/mol. The highest BCUT2D eigenvalue weighted by Crippen LogP contribution is 2.28. The summed E-state index contributed by atoms with van der Waals surface area (Å²) in [5.74, 6) is -2.82. The number of piperidine rings is 1. The predicted octanol–water partition coefficient (Wildman–Crippen LogP) is 1.96. The third-order valence-electron chi connectivity index (χ3n) is 3.27. The molecule has 1 saturated heterocycles. The molecule has 1 aliphatic rings. The van der Waals surface area contributed by atoms with Crippen LogP contribution < -0.4 is 0 Å². The minimum atomic E-state index is -4.07. The Hall–Kier alpha value is -1.18. The van der Waals surface area contributed by atoms with Crippen LogP contribution in [0.3, 0.4) is 0 Å². The first-order valence-electron chi connectivity index (χ1n) is 6.01. The monoisotopic (exact) mass is 321 g/mol. The first-order valence-corrected chi connectivity index (χ1v) is 7.83. The Kier molecular flexibility index (Phi) is 4.31. The van der Waals surface area contributed by atoms with E-state index in [-0.39, 0.29) is 18.1 Å². The van der Waals surface area contributed by atoms with E-state index in [1.54, 1.807) is 0 Å². The SMILES string of the molecule is O=C(O)C1CCCN(S(=O)(=O)c2cccc(Cl)c2F)C1. The molecule has 1 fully saturated rings. The quantitative estimate of drug-likeness (QED) is 0.923. The summed E-state index contributed by atoms with van der Waals surface area (Å²) in [5.41, 5.74) is 0. The van der Waals surface area contributed by atoms with Crippen LogP contribution >= 0.6 is 11.6 Å². The zero-order valence-corrected chi connectivity index (χ0v) is 12.0. The van der Waals surface area contributed by atoms with E-state index < -0.39 is 32.6 Å². The van der Waals surface area contributed by atoms with Gasteiger partial charge >= 0.3 is 5.97 Å². The van der Waals surface area contributed by atoms with Gasteiger partial charge in [-0.1, -0.05) is 17.7 Å². The molecule has 1 aromatic carbocycles. The van der Waals surface area contributed by atoms with Gasteiger partial charge in [-0.15, -0.1) is 0 Å². The van der Waals surface area contributed by atoms with Crippen molar-refractivity contribution in [3.8, 4) is 0 Å². The maximum atomic E-state index is 13.9. The summed E-state index contributed by atoms with van der Waals surface area (Å²) < 4.78 is 39.6. The lowest BCUT2D eigenvalue weighted by molar-refractivity contribution is -0.142. The van der Waals surface area contributed by atoms with Crippen LogP contribution in [0.15, 0.2) is 23.1 Å². The topological polar surface area (TPSA) is 74.7 Å². The molecule has 0 aliphatic carbocycles. The van der Waals surface area contributed by atoms with Crippen molar-refractivity contribution in [3.63, 3.8) is 0 Å². The third-order valence-corrected chi connectivity index (χ3v) is 5.44. The van der Waals surface area contributed by atoms with Gasteiger partial charge in [0.1, 0.15) is 4.90 Å². The molecule has 20 heavy (non-hydrogen) atoms. The van der Waals surface area contributed by atoms with Crippen molar-refractivity contribution < 1.29 is 22.7 Å². The van der Waals surface area contributed by atoms with Crippen molar-refractivity contribution >= 4 is 27.6 Å². The average molecular weight is 322 g/mol. The molecule has 1 unspecified atom stereocenters. The minimum Gasteiger partial charge on any atom is -0.481 e. The molecule has 0 aromatic heterocycles. The van der Waals surface area contributed by atoms with Crippen LogP contribution in [-0.4, -0.2) is 36.9 Å². The van der Waals surface area contributed by atoms with E-state index >= 15 is 0 Å². The maximum absolute atomic E-state index is 13.9. The lowest BCUT2D eigenvalue weighted by Gasteiger charge is -2.29. The second-order valence-electron chi connectivity index (χ2n) is 4.59. The van der Waals surface area contributed by atoms with Gasteiger partial charge in [0.05, 0.1) is 10.9 Å². The summed E-state index contributed by atoms with van der Waals surface area (Å²) in [6, 6.07) is 3.73. The molecule has 8 heteroatoms. The number of halogens is 2. The van der Waals surface area contributed by atoms with E-state index in [2.05, 4.69) is 0 Å². The molecule has 0 radical (unpaired) electrons. The molecular formula is C12H13ClFNO4S. The highest BCUT2D eigenvalue weighted by Gasteiger charge is 2.34. The second kappa shape index (κ2) is 5.67. The lowest BCUT2D eigenvalue weighted by atomic mass is 10.0. The van der Waals surface area contributed by atoms with E-state index in [9.17, 15) is 17.6 Å². The second-order valence-corrected chi connectivity index (χ2v) is 6.91. The third kappa shape index (κ3) is 2.79. The Morgan fingerprint density at radius 2 is 2.15 bits per heavy atom. The number of carbonyl (C=O) groups is 1. The van der Waals surface area contributed by atoms with Crippen LogP contribution in [0, 0.1) is 11.7 Å². The van der Waals surface area contributed by atoms with Gasteiger partial charge in [-0.3, -0.25) is 4.79 Å². The van der Waals surface area contributed by atoms with Crippen LogP contribution in [0.4, 0.5) is 4.39 Å². The number of nitrogens with zero attached hydrogens (tertiary/aromatic N) is 1. The largest absolute Gasteiger partial charge is 0.481 e. The molecule has 110 valence electrons. The number of carboxylic acids is 1. The number of sulfonamides is 1. The summed E-state index contributed by atoms with van der Waals surface area (Å²) in [6.45, 7) is 0.0295. The van der Waals surface area contributed by atoms with E-state index in [1.165, 1.54) is 12.1 Å². The lowest BCUT2D eigenvalue weighted by Crippen LogP contribution is -2.42. The Balaban J connectivity index is 2.35. The molecule has 0 saturated carbocycles. The van der Waals surface area contributed by atoms with E-state index in [0.717, 1.165) is 10.4 Å². The molecule has 0 bridgehead atoms. The van der Waals surface area contributed by atoms with Crippen molar-refractivity contribution in [1.82, 2.24) is 4.31 Å². The number of hydrogen-bond donors (Lipinski definition) is 1. The van der Waals surface area contributed by atoms with Crippen molar-refractivity contribution in [2.24, 2.45) is 5.92 Å². The molecule has 1 atom stereocenters. The Morgan fingerprint density at radius 1 is 1.45 bits per heavy atom. The van der Waals surface area contributed by atoms with Crippen molar-refractivity contribution in [1.29, 1.82) is 0 Å². The van der Waals surface area contributed by atoms with E-state index in [4.69, 9.17) is 16.7 Å². The number of hydrogen-bond acceptors (Lipinski definition) is 3. The summed E-state index contributed by atoms with van der Waals surface area (Å²) >= 11 is 5.59. The summed E-state index contributed by atoms with van der Waals surface area (Å²) in [6.07, 6.45) is 0.845. The fourth-order valence-electron chi connectivity index (χ4n) is 2.18. The standard InChI is InChI=1S/C12H13ClFNO4S/c13-9-4-1-5-10(11(9)14)20(18,19)15-6-2-3-8(7-15)12(16)17/h1,4-5,8H,2-3,6-7H2,(H,16,17). The number of benzene rings is 1. The maximum Gasteiger partial charge on any atom is 0.307 e. The predicted molar refractivity (Wildman–Crippen MR) is 70.5 cm³/mol. The van der Waals surface area contributed by atoms with Crippen molar-refractivity contribution in [2.45, 2.75) is 17.7 Å². The Morgan fingerprint density at radius 3 is 2.80 bits per heavy atom. The number of carboxylic acid groups (broad SMARTS) is 1. The fourth-order valence-corrected chi connectivity index (χ4v) is 4.03. The van der Waals surface area contributed by atoms with Gasteiger partial charge in [-0.05, 0) is 25.0 Å². The molecule has 1 aromatic rings.